The summed E-state index contributed by atoms with van der Waals surface area (Å²) in [6.07, 6.45) is 2.53. The van der Waals surface area contributed by atoms with Gasteiger partial charge in [0.05, 0.1) is 6.04 Å². The lowest BCUT2D eigenvalue weighted by Gasteiger charge is -2.22. The van der Waals surface area contributed by atoms with Crippen molar-refractivity contribution < 1.29 is 14.0 Å². The largest absolute Gasteiger partial charge is 0.456 e. The molecule has 0 spiro atoms. The quantitative estimate of drug-likeness (QED) is 0.845. The van der Waals surface area contributed by atoms with Crippen LogP contribution in [-0.2, 0) is 17.8 Å². The van der Waals surface area contributed by atoms with Gasteiger partial charge in [-0.15, -0.1) is 0 Å². The number of nitrogens with one attached hydrogen (secondary N) is 1. The summed E-state index contributed by atoms with van der Waals surface area (Å²) in [4.78, 5) is 25.9. The molecule has 6 nitrogen and oxygen atoms in total. The van der Waals surface area contributed by atoms with Crippen LogP contribution in [0.4, 0.5) is 5.69 Å². The van der Waals surface area contributed by atoms with Crippen molar-refractivity contribution in [1.29, 1.82) is 0 Å². The van der Waals surface area contributed by atoms with Gasteiger partial charge < -0.3 is 15.5 Å². The molecule has 3 rings (SSSR count). The molecule has 1 unspecified atom stereocenters. The van der Waals surface area contributed by atoms with Gasteiger partial charge in [-0.2, -0.15) is 0 Å². The van der Waals surface area contributed by atoms with E-state index >= 15 is 0 Å². The van der Waals surface area contributed by atoms with Crippen molar-refractivity contribution in [2.75, 3.05) is 11.9 Å². The van der Waals surface area contributed by atoms with E-state index < -0.39 is 0 Å². The van der Waals surface area contributed by atoms with Gasteiger partial charge >= 0.3 is 0 Å². The molecule has 6 heteroatoms. The number of primary amides is 1. The Morgan fingerprint density at radius 1 is 1.32 bits per heavy atom. The number of anilines is 1. The van der Waals surface area contributed by atoms with Crippen LogP contribution in [0.25, 0.3) is 0 Å². The minimum Gasteiger partial charge on any atom is -0.456 e. The number of carbonyl (C=O) groups is 2. The second kappa shape index (κ2) is 7.53. The third-order valence-corrected chi connectivity index (χ3v) is 4.50. The Kier molecular flexibility index (Phi) is 5.19. The zero-order valence-corrected chi connectivity index (χ0v) is 14.3. The van der Waals surface area contributed by atoms with Crippen LogP contribution >= 0.6 is 0 Å². The van der Waals surface area contributed by atoms with Gasteiger partial charge in [-0.3, -0.25) is 14.5 Å². The Morgan fingerprint density at radius 3 is 2.88 bits per heavy atom. The molecule has 2 heterocycles. The molecule has 1 aliphatic rings. The van der Waals surface area contributed by atoms with Crippen LogP contribution in [0.15, 0.2) is 40.8 Å². The molecule has 1 aliphatic heterocycles. The van der Waals surface area contributed by atoms with Crippen LogP contribution in [-0.4, -0.2) is 29.3 Å². The number of furan rings is 1. The lowest BCUT2D eigenvalue weighted by atomic mass is 10.1. The Morgan fingerprint density at radius 2 is 2.16 bits per heavy atom. The van der Waals surface area contributed by atoms with Crippen molar-refractivity contribution in [2.24, 2.45) is 5.73 Å². The Balaban J connectivity index is 1.67. The molecule has 2 aromatic rings. The summed E-state index contributed by atoms with van der Waals surface area (Å²) in [6.45, 7) is 3.47. The highest BCUT2D eigenvalue weighted by atomic mass is 16.3. The summed E-state index contributed by atoms with van der Waals surface area (Å²) in [6, 6.07) is 10.9. The van der Waals surface area contributed by atoms with E-state index in [4.69, 9.17) is 10.2 Å². The van der Waals surface area contributed by atoms with Gasteiger partial charge in [-0.05, 0) is 49.2 Å². The molecule has 132 valence electrons. The van der Waals surface area contributed by atoms with Gasteiger partial charge in [0.15, 0.2) is 5.76 Å². The van der Waals surface area contributed by atoms with Crippen molar-refractivity contribution in [3.05, 3.63) is 53.5 Å². The number of benzene rings is 1. The zero-order valence-electron chi connectivity index (χ0n) is 14.3. The van der Waals surface area contributed by atoms with Crippen LogP contribution in [0.3, 0.4) is 0 Å². The normalized spacial score (nSPS) is 17.6. The number of likely N-dealkylation sites (tertiary alicyclic amines) is 1. The fraction of sp³-hybridized carbons (Fsp3) is 0.368. The van der Waals surface area contributed by atoms with Crippen molar-refractivity contribution in [2.45, 2.75) is 38.8 Å². The highest BCUT2D eigenvalue weighted by Gasteiger charge is 2.28. The number of rotatable bonds is 6. The number of amides is 2. The fourth-order valence-electron chi connectivity index (χ4n) is 3.20. The fourth-order valence-corrected chi connectivity index (χ4v) is 3.20. The van der Waals surface area contributed by atoms with E-state index in [0.717, 1.165) is 37.1 Å². The second-order valence-electron chi connectivity index (χ2n) is 6.30. The summed E-state index contributed by atoms with van der Waals surface area (Å²) in [5.41, 5.74) is 7.20. The number of nitrogens with two attached hydrogens (primary N) is 1. The summed E-state index contributed by atoms with van der Waals surface area (Å²) in [7, 11) is 0. The van der Waals surface area contributed by atoms with E-state index in [9.17, 15) is 9.59 Å². The van der Waals surface area contributed by atoms with E-state index in [1.54, 1.807) is 6.07 Å². The molecule has 3 N–H and O–H groups in total. The zero-order chi connectivity index (χ0) is 17.8. The molecule has 1 saturated heterocycles. The number of nitrogens with zero attached hydrogens (tertiary/aromatic N) is 1. The molecule has 1 atom stereocenters. The van der Waals surface area contributed by atoms with Crippen molar-refractivity contribution in [3.63, 3.8) is 0 Å². The van der Waals surface area contributed by atoms with Crippen molar-refractivity contribution in [3.8, 4) is 0 Å². The van der Waals surface area contributed by atoms with Crippen molar-refractivity contribution in [1.82, 2.24) is 4.90 Å². The first-order chi connectivity index (χ1) is 12.1. The minimum atomic E-state index is -0.272. The van der Waals surface area contributed by atoms with Crippen LogP contribution < -0.4 is 11.1 Å². The van der Waals surface area contributed by atoms with Crippen LogP contribution in [0.1, 0.15) is 41.6 Å². The smallest absolute Gasteiger partial charge is 0.291 e. The van der Waals surface area contributed by atoms with Gasteiger partial charge in [0, 0.05) is 18.7 Å². The molecule has 0 radical (unpaired) electrons. The maximum absolute atomic E-state index is 12.3. The summed E-state index contributed by atoms with van der Waals surface area (Å²) in [5, 5.41) is 2.85. The highest BCUT2D eigenvalue weighted by Crippen LogP contribution is 2.21. The van der Waals surface area contributed by atoms with Crippen molar-refractivity contribution >= 4 is 17.5 Å². The van der Waals surface area contributed by atoms with E-state index in [-0.39, 0.29) is 17.9 Å². The first-order valence-electron chi connectivity index (χ1n) is 8.59. The van der Waals surface area contributed by atoms with Gasteiger partial charge in [-0.1, -0.05) is 19.1 Å². The molecular weight excluding hydrogens is 318 g/mol. The summed E-state index contributed by atoms with van der Waals surface area (Å²) < 4.78 is 5.47. The van der Waals surface area contributed by atoms with Crippen LogP contribution in [0.2, 0.25) is 0 Å². The molecule has 1 aromatic carbocycles. The summed E-state index contributed by atoms with van der Waals surface area (Å²) >= 11 is 0. The van der Waals surface area contributed by atoms with Crippen LogP contribution in [0, 0.1) is 0 Å². The predicted molar refractivity (Wildman–Crippen MR) is 95.1 cm³/mol. The van der Waals surface area contributed by atoms with E-state index in [2.05, 4.69) is 10.2 Å². The van der Waals surface area contributed by atoms with E-state index in [1.807, 2.05) is 37.3 Å². The molecule has 0 bridgehead atoms. The average Bonchev–Trinajstić information content (AvgIpc) is 3.24. The highest BCUT2D eigenvalue weighted by molar-refractivity contribution is 6.02. The summed E-state index contributed by atoms with van der Waals surface area (Å²) in [5.74, 6) is 0.542. The lowest BCUT2D eigenvalue weighted by molar-refractivity contribution is -0.122. The SMILES string of the molecule is CCc1ccc(C(=O)Nc2cccc(CN3CCCC3C(N)=O)c2)o1. The molecule has 1 aromatic heterocycles. The minimum absolute atomic E-state index is 0.200. The van der Waals surface area contributed by atoms with E-state index in [1.165, 1.54) is 0 Å². The third-order valence-electron chi connectivity index (χ3n) is 4.50. The maximum atomic E-state index is 12.3. The molecular formula is C19H23N3O3. The van der Waals surface area contributed by atoms with E-state index in [0.29, 0.717) is 18.0 Å². The second-order valence-corrected chi connectivity index (χ2v) is 6.30. The molecule has 0 saturated carbocycles. The van der Waals surface area contributed by atoms with Gasteiger partial charge in [0.1, 0.15) is 5.76 Å². The number of carbonyl (C=O) groups excluding carboxylic acids is 2. The lowest BCUT2D eigenvalue weighted by Crippen LogP contribution is -2.39. The maximum Gasteiger partial charge on any atom is 0.291 e. The van der Waals surface area contributed by atoms with Gasteiger partial charge in [0.2, 0.25) is 5.91 Å². The standard InChI is InChI=1S/C19H23N3O3/c1-2-15-8-9-17(25-15)19(24)21-14-6-3-5-13(11-14)12-22-10-4-7-16(22)18(20)23/h3,5-6,8-9,11,16H,2,4,7,10,12H2,1H3,(H2,20,23)(H,21,24). The molecule has 1 fully saturated rings. The predicted octanol–water partition coefficient (Wildman–Crippen LogP) is 2.54. The number of hydrogen-bond acceptors (Lipinski definition) is 4. The Hall–Kier alpha value is -2.60. The number of hydrogen-bond donors (Lipinski definition) is 2. The topological polar surface area (TPSA) is 88.6 Å². The Bertz CT molecular complexity index is 769. The number of aryl methyl sites for hydroxylation is 1. The van der Waals surface area contributed by atoms with Crippen LogP contribution in [0.5, 0.6) is 0 Å². The average molecular weight is 341 g/mol. The molecule has 0 aliphatic carbocycles. The third kappa shape index (κ3) is 4.09. The molecule has 25 heavy (non-hydrogen) atoms. The first kappa shape index (κ1) is 17.2. The Labute approximate surface area is 147 Å². The van der Waals surface area contributed by atoms with Gasteiger partial charge in [-0.25, -0.2) is 0 Å². The monoisotopic (exact) mass is 341 g/mol. The first-order valence-corrected chi connectivity index (χ1v) is 8.59. The molecule has 2 amide bonds. The van der Waals surface area contributed by atoms with Gasteiger partial charge in [0.25, 0.3) is 5.91 Å².